The van der Waals surface area contributed by atoms with Crippen LogP contribution in [-0.4, -0.2) is 33.2 Å². The van der Waals surface area contributed by atoms with Crippen molar-refractivity contribution in [3.05, 3.63) is 47.0 Å². The highest BCUT2D eigenvalue weighted by Crippen LogP contribution is 2.28. The third kappa shape index (κ3) is 3.41. The Labute approximate surface area is 135 Å². The first kappa shape index (κ1) is 14.5. The van der Waals surface area contributed by atoms with Crippen LogP contribution in [0.15, 0.2) is 42.0 Å². The lowest BCUT2D eigenvalue weighted by molar-refractivity contribution is 0.415. The van der Waals surface area contributed by atoms with Crippen molar-refractivity contribution in [2.75, 3.05) is 12.4 Å². The van der Waals surface area contributed by atoms with Crippen LogP contribution < -0.4 is 10.1 Å². The molecule has 22 heavy (non-hydrogen) atoms. The van der Waals surface area contributed by atoms with Gasteiger partial charge >= 0.3 is 0 Å². The minimum absolute atomic E-state index is 0.387. The molecule has 0 spiro atoms. The molecule has 0 amide bonds. The second-order valence-corrected chi connectivity index (χ2v) is 5.50. The summed E-state index contributed by atoms with van der Waals surface area (Å²) in [5.41, 5.74) is 0.897. The summed E-state index contributed by atoms with van der Waals surface area (Å²) in [6, 6.07) is 7.54. The molecule has 0 unspecified atom stereocenters. The van der Waals surface area contributed by atoms with Crippen molar-refractivity contribution in [3.8, 4) is 5.75 Å². The molecule has 7 nitrogen and oxygen atoms in total. The molecule has 0 aliphatic rings. The Bertz CT molecular complexity index is 768. The van der Waals surface area contributed by atoms with Gasteiger partial charge in [0.25, 0.3) is 0 Å². The van der Waals surface area contributed by atoms with Crippen LogP contribution in [0, 0.1) is 0 Å². The molecule has 0 radical (unpaired) electrons. The molecule has 0 saturated carbocycles. The van der Waals surface area contributed by atoms with Crippen molar-refractivity contribution in [1.82, 2.24) is 19.9 Å². The minimum atomic E-state index is 0.387. The number of hydrogen-bond donors (Lipinski definition) is 1. The van der Waals surface area contributed by atoms with Gasteiger partial charge in [-0.05, 0) is 24.3 Å². The number of nitrogens with one attached hydrogen (secondary N) is 1. The van der Waals surface area contributed by atoms with Gasteiger partial charge in [0.05, 0.1) is 18.2 Å². The van der Waals surface area contributed by atoms with Crippen LogP contribution in [0.2, 0.25) is 5.15 Å². The first-order valence-electron chi connectivity index (χ1n) is 6.21. The van der Waals surface area contributed by atoms with E-state index in [1.807, 2.05) is 24.3 Å². The summed E-state index contributed by atoms with van der Waals surface area (Å²) >= 11 is 7.50. The number of methoxy groups -OCH3 is 1. The van der Waals surface area contributed by atoms with Gasteiger partial charge in [-0.15, -0.1) is 10.2 Å². The fourth-order valence-electron chi connectivity index (χ4n) is 1.62. The normalized spacial score (nSPS) is 11.0. The molecule has 3 rings (SSSR count). The summed E-state index contributed by atoms with van der Waals surface area (Å²) in [7, 11) is 1.63. The molecule has 1 N–H and O–H groups in total. The van der Waals surface area contributed by atoms with Gasteiger partial charge in [0, 0.05) is 5.69 Å². The number of halogens is 1. The number of nitrogens with zero attached hydrogens (tertiary/aromatic N) is 5. The molecule has 2 aromatic heterocycles. The van der Waals surface area contributed by atoms with Gasteiger partial charge in [0.15, 0.2) is 10.3 Å². The Kier molecular flexibility index (Phi) is 4.31. The molecule has 1 aromatic carbocycles. The molecule has 0 aliphatic heterocycles. The summed E-state index contributed by atoms with van der Waals surface area (Å²) in [6.45, 7) is 0. The molecule has 0 saturated heterocycles. The van der Waals surface area contributed by atoms with Crippen molar-refractivity contribution in [2.24, 2.45) is 5.10 Å². The first-order chi connectivity index (χ1) is 10.7. The molecule has 0 fully saturated rings. The van der Waals surface area contributed by atoms with Crippen LogP contribution in [-0.2, 0) is 0 Å². The van der Waals surface area contributed by atoms with Gasteiger partial charge in [-0.2, -0.15) is 5.10 Å². The zero-order chi connectivity index (χ0) is 15.4. The highest BCUT2D eigenvalue weighted by molar-refractivity contribution is 7.17. The van der Waals surface area contributed by atoms with E-state index in [2.05, 4.69) is 25.6 Å². The van der Waals surface area contributed by atoms with E-state index in [1.54, 1.807) is 13.3 Å². The number of rotatable bonds is 5. The van der Waals surface area contributed by atoms with Gasteiger partial charge in [-0.1, -0.05) is 22.9 Å². The van der Waals surface area contributed by atoms with Crippen LogP contribution in [0.5, 0.6) is 5.75 Å². The van der Waals surface area contributed by atoms with Crippen LogP contribution in [0.3, 0.4) is 0 Å². The summed E-state index contributed by atoms with van der Waals surface area (Å²) in [4.78, 5) is 5.00. The number of benzene rings is 1. The van der Waals surface area contributed by atoms with Crippen LogP contribution in [0.4, 0.5) is 10.8 Å². The number of ether oxygens (including phenoxy) is 1. The average Bonchev–Trinajstić information content (AvgIpc) is 3.16. The maximum atomic E-state index is 6.11. The maximum absolute atomic E-state index is 6.11. The van der Waals surface area contributed by atoms with E-state index in [-0.39, 0.29) is 0 Å². The van der Waals surface area contributed by atoms with E-state index in [4.69, 9.17) is 16.3 Å². The van der Waals surface area contributed by atoms with Crippen molar-refractivity contribution in [1.29, 1.82) is 0 Å². The zero-order valence-electron chi connectivity index (χ0n) is 11.5. The molecular weight excluding hydrogens is 324 g/mol. The average molecular weight is 335 g/mol. The third-order valence-electron chi connectivity index (χ3n) is 2.67. The van der Waals surface area contributed by atoms with Crippen molar-refractivity contribution in [2.45, 2.75) is 0 Å². The zero-order valence-corrected chi connectivity index (χ0v) is 13.0. The Hall–Kier alpha value is -2.45. The largest absolute Gasteiger partial charge is 0.497 e. The Morgan fingerprint density at radius 1 is 1.27 bits per heavy atom. The molecule has 0 atom stereocenters. The molecule has 3 aromatic rings. The Morgan fingerprint density at radius 2 is 2.00 bits per heavy atom. The van der Waals surface area contributed by atoms with Gasteiger partial charge in [0.2, 0.25) is 0 Å². The number of aromatic nitrogens is 4. The standard InChI is InChI=1S/C13H11ClN6OS/c1-21-10-4-2-9(3-5-10)18-13-19-12(14)11(22-13)6-17-20-7-15-16-8-20/h2-8H,1H3,(H,18,19)/b17-6+. The van der Waals surface area contributed by atoms with Crippen molar-refractivity contribution >= 4 is 40.0 Å². The molecule has 2 heterocycles. The van der Waals surface area contributed by atoms with E-state index in [0.29, 0.717) is 10.3 Å². The predicted molar refractivity (Wildman–Crippen MR) is 86.4 cm³/mol. The maximum Gasteiger partial charge on any atom is 0.189 e. The summed E-state index contributed by atoms with van der Waals surface area (Å²) in [5.74, 6) is 0.796. The van der Waals surface area contributed by atoms with Gasteiger partial charge in [-0.25, -0.2) is 9.66 Å². The second-order valence-electron chi connectivity index (χ2n) is 4.11. The highest BCUT2D eigenvalue weighted by atomic mass is 35.5. The molecule has 0 bridgehead atoms. The topological polar surface area (TPSA) is 77.2 Å². The summed E-state index contributed by atoms with van der Waals surface area (Å²) < 4.78 is 6.60. The van der Waals surface area contributed by atoms with Crippen molar-refractivity contribution in [3.63, 3.8) is 0 Å². The quantitative estimate of drug-likeness (QED) is 0.726. The van der Waals surface area contributed by atoms with E-state index in [9.17, 15) is 0 Å². The fourth-order valence-corrected chi connectivity index (χ4v) is 2.66. The van der Waals surface area contributed by atoms with Crippen LogP contribution in [0.25, 0.3) is 0 Å². The monoisotopic (exact) mass is 334 g/mol. The Morgan fingerprint density at radius 3 is 2.68 bits per heavy atom. The van der Waals surface area contributed by atoms with Gasteiger partial charge < -0.3 is 10.1 Å². The van der Waals surface area contributed by atoms with Crippen molar-refractivity contribution < 1.29 is 4.74 Å². The van der Waals surface area contributed by atoms with Gasteiger partial charge in [0.1, 0.15) is 18.4 Å². The smallest absolute Gasteiger partial charge is 0.189 e. The summed E-state index contributed by atoms with van der Waals surface area (Å²) in [5, 5.41) is 15.7. The molecule has 0 aliphatic carbocycles. The lowest BCUT2D eigenvalue weighted by atomic mass is 10.3. The Balaban J connectivity index is 1.73. The number of hydrogen-bond acceptors (Lipinski definition) is 7. The van der Waals surface area contributed by atoms with Crippen LogP contribution >= 0.6 is 22.9 Å². The van der Waals surface area contributed by atoms with E-state index in [1.165, 1.54) is 28.7 Å². The number of thiazole rings is 1. The number of anilines is 2. The van der Waals surface area contributed by atoms with Crippen LogP contribution in [0.1, 0.15) is 4.88 Å². The molecule has 112 valence electrons. The lowest BCUT2D eigenvalue weighted by Gasteiger charge is -2.03. The fraction of sp³-hybridized carbons (Fsp3) is 0.0769. The van der Waals surface area contributed by atoms with Gasteiger partial charge in [-0.3, -0.25) is 0 Å². The minimum Gasteiger partial charge on any atom is -0.497 e. The van der Waals surface area contributed by atoms with E-state index in [0.717, 1.165) is 16.3 Å². The second kappa shape index (κ2) is 6.54. The predicted octanol–water partition coefficient (Wildman–Crippen LogP) is 3.02. The molecular formula is C13H11ClN6OS. The first-order valence-corrected chi connectivity index (χ1v) is 7.40. The lowest BCUT2D eigenvalue weighted by Crippen LogP contribution is -1.89. The SMILES string of the molecule is COc1ccc(Nc2nc(Cl)c(/C=N/n3cnnc3)s2)cc1. The summed E-state index contributed by atoms with van der Waals surface area (Å²) in [6.07, 6.45) is 4.59. The van der Waals surface area contributed by atoms with E-state index < -0.39 is 0 Å². The van der Waals surface area contributed by atoms with E-state index >= 15 is 0 Å². The highest BCUT2D eigenvalue weighted by Gasteiger charge is 2.08. The third-order valence-corrected chi connectivity index (χ3v) is 3.97. The molecule has 9 heteroatoms.